The number of amides is 1. The number of nitrogens with two attached hydrogens (primary N) is 2. The maximum atomic E-state index is 11.6. The highest BCUT2D eigenvalue weighted by Gasteiger charge is 2.11. The Morgan fingerprint density at radius 3 is 2.84 bits per heavy atom. The molecule has 0 aliphatic heterocycles. The third kappa shape index (κ3) is 6.17. The summed E-state index contributed by atoms with van der Waals surface area (Å²) in [5.74, 6) is 0.190. The molecular formula is C17H22N4O3S. The second kappa shape index (κ2) is 9.75. The zero-order chi connectivity index (χ0) is 18.1. The van der Waals surface area contributed by atoms with Crippen molar-refractivity contribution in [3.05, 3.63) is 35.3 Å². The molecule has 0 fully saturated rings. The highest BCUT2D eigenvalue weighted by atomic mass is 32.1. The van der Waals surface area contributed by atoms with E-state index < -0.39 is 0 Å². The van der Waals surface area contributed by atoms with E-state index in [1.165, 1.54) is 0 Å². The van der Waals surface area contributed by atoms with E-state index in [0.29, 0.717) is 19.6 Å². The monoisotopic (exact) mass is 362 g/mol. The second-order valence-corrected chi connectivity index (χ2v) is 6.19. The number of ether oxygens (including phenoxy) is 2. The summed E-state index contributed by atoms with van der Waals surface area (Å²) in [5.41, 5.74) is 12.3. The number of carbonyl (C=O) groups excluding carboxylic acids is 1. The van der Waals surface area contributed by atoms with Gasteiger partial charge in [0.15, 0.2) is 5.96 Å². The van der Waals surface area contributed by atoms with Crippen LogP contribution in [0.15, 0.2) is 34.8 Å². The number of aliphatic imine (C=N–C) groups is 1. The van der Waals surface area contributed by atoms with Crippen LogP contribution in [-0.2, 0) is 16.0 Å². The maximum absolute atomic E-state index is 11.6. The van der Waals surface area contributed by atoms with Crippen LogP contribution in [0.25, 0.3) is 10.6 Å². The minimum Gasteiger partial charge on any atom is -0.493 e. The fraction of sp³-hybridized carbons (Fsp3) is 0.353. The fourth-order valence-electron chi connectivity index (χ4n) is 2.21. The number of carbonyl (C=O) groups is 1. The summed E-state index contributed by atoms with van der Waals surface area (Å²) in [5, 5.41) is 2.82. The molecule has 0 unspecified atom stereocenters. The summed E-state index contributed by atoms with van der Waals surface area (Å²) in [7, 11) is 1.66. The third-order valence-electron chi connectivity index (χ3n) is 3.34. The normalized spacial score (nSPS) is 10.4. The summed E-state index contributed by atoms with van der Waals surface area (Å²) in [6.45, 7) is 1.18. The minimum absolute atomic E-state index is 0.216. The van der Waals surface area contributed by atoms with Crippen molar-refractivity contribution < 1.29 is 14.3 Å². The molecule has 2 aromatic rings. The second-order valence-electron chi connectivity index (χ2n) is 5.29. The van der Waals surface area contributed by atoms with Gasteiger partial charge in [0.2, 0.25) is 5.91 Å². The molecule has 0 bridgehead atoms. The lowest BCUT2D eigenvalue weighted by molar-refractivity contribution is -0.117. The molecule has 4 N–H and O–H groups in total. The van der Waals surface area contributed by atoms with Crippen molar-refractivity contribution in [1.82, 2.24) is 4.98 Å². The molecule has 8 heteroatoms. The molecule has 1 aromatic heterocycles. The SMILES string of the molecule is COCCCOc1cc(CCC(=O)N=C(N)N)ccc1-c1nccs1. The van der Waals surface area contributed by atoms with E-state index in [-0.39, 0.29) is 18.3 Å². The molecule has 25 heavy (non-hydrogen) atoms. The molecule has 0 saturated carbocycles. The van der Waals surface area contributed by atoms with Gasteiger partial charge in [-0.05, 0) is 24.1 Å². The Morgan fingerprint density at radius 1 is 1.32 bits per heavy atom. The number of nitrogens with zero attached hydrogens (tertiary/aromatic N) is 2. The van der Waals surface area contributed by atoms with Gasteiger partial charge in [-0.15, -0.1) is 11.3 Å². The van der Waals surface area contributed by atoms with E-state index in [1.807, 2.05) is 23.6 Å². The smallest absolute Gasteiger partial charge is 0.249 e. The summed E-state index contributed by atoms with van der Waals surface area (Å²) < 4.78 is 11.0. The van der Waals surface area contributed by atoms with Gasteiger partial charge in [-0.3, -0.25) is 4.79 Å². The van der Waals surface area contributed by atoms with E-state index in [4.69, 9.17) is 20.9 Å². The molecule has 1 aromatic carbocycles. The number of rotatable bonds is 9. The van der Waals surface area contributed by atoms with Crippen molar-refractivity contribution in [2.24, 2.45) is 16.5 Å². The molecule has 2 rings (SSSR count). The number of hydrogen-bond donors (Lipinski definition) is 2. The number of guanidine groups is 1. The Bertz CT molecular complexity index is 713. The highest BCUT2D eigenvalue weighted by molar-refractivity contribution is 7.13. The first-order valence-electron chi connectivity index (χ1n) is 7.87. The molecule has 0 aliphatic rings. The molecule has 0 atom stereocenters. The Labute approximate surface area is 150 Å². The number of hydrogen-bond acceptors (Lipinski definition) is 5. The lowest BCUT2D eigenvalue weighted by Crippen LogP contribution is -2.24. The number of methoxy groups -OCH3 is 1. The van der Waals surface area contributed by atoms with Crippen LogP contribution in [0, 0.1) is 0 Å². The Hall–Kier alpha value is -2.45. The van der Waals surface area contributed by atoms with Crippen LogP contribution in [0.5, 0.6) is 5.75 Å². The van der Waals surface area contributed by atoms with Crippen molar-refractivity contribution in [2.75, 3.05) is 20.3 Å². The van der Waals surface area contributed by atoms with Crippen LogP contribution < -0.4 is 16.2 Å². The van der Waals surface area contributed by atoms with Crippen LogP contribution >= 0.6 is 11.3 Å². The average Bonchev–Trinajstić information content (AvgIpc) is 3.11. The van der Waals surface area contributed by atoms with Gasteiger partial charge in [0.25, 0.3) is 0 Å². The van der Waals surface area contributed by atoms with Crippen LogP contribution in [0.2, 0.25) is 0 Å². The van der Waals surface area contributed by atoms with Gasteiger partial charge in [-0.1, -0.05) is 6.07 Å². The van der Waals surface area contributed by atoms with Gasteiger partial charge in [0.1, 0.15) is 10.8 Å². The summed E-state index contributed by atoms with van der Waals surface area (Å²) in [4.78, 5) is 19.5. The Balaban J connectivity index is 2.11. The van der Waals surface area contributed by atoms with Crippen LogP contribution in [0.3, 0.4) is 0 Å². The first kappa shape index (κ1) is 18.9. The van der Waals surface area contributed by atoms with Crippen LogP contribution in [0.1, 0.15) is 18.4 Å². The topological polar surface area (TPSA) is 113 Å². The first-order chi connectivity index (χ1) is 12.1. The molecule has 0 aliphatic carbocycles. The van der Waals surface area contributed by atoms with Crippen LogP contribution in [0.4, 0.5) is 0 Å². The van der Waals surface area contributed by atoms with Crippen molar-refractivity contribution in [3.8, 4) is 16.3 Å². The zero-order valence-corrected chi connectivity index (χ0v) is 14.9. The molecule has 1 amide bonds. The summed E-state index contributed by atoms with van der Waals surface area (Å²) >= 11 is 1.55. The molecule has 1 heterocycles. The molecular weight excluding hydrogens is 340 g/mol. The third-order valence-corrected chi connectivity index (χ3v) is 4.15. The van der Waals surface area contributed by atoms with E-state index in [9.17, 15) is 4.79 Å². The van der Waals surface area contributed by atoms with Gasteiger partial charge in [-0.25, -0.2) is 4.98 Å². The molecule has 7 nitrogen and oxygen atoms in total. The molecule has 0 saturated heterocycles. The quantitative estimate of drug-likeness (QED) is 0.400. The van der Waals surface area contributed by atoms with Gasteiger partial charge in [-0.2, -0.15) is 4.99 Å². The summed E-state index contributed by atoms with van der Waals surface area (Å²) in [6.07, 6.45) is 3.32. The first-order valence-corrected chi connectivity index (χ1v) is 8.75. The van der Waals surface area contributed by atoms with Gasteiger partial charge >= 0.3 is 0 Å². The molecule has 0 radical (unpaired) electrons. The number of aromatic nitrogens is 1. The van der Waals surface area contributed by atoms with E-state index in [0.717, 1.165) is 28.3 Å². The Morgan fingerprint density at radius 2 is 2.16 bits per heavy atom. The fourth-order valence-corrected chi connectivity index (χ4v) is 2.88. The van der Waals surface area contributed by atoms with Crippen molar-refractivity contribution in [3.63, 3.8) is 0 Å². The Kier molecular flexibility index (Phi) is 7.36. The lowest BCUT2D eigenvalue weighted by Gasteiger charge is -2.12. The average molecular weight is 362 g/mol. The number of aryl methyl sites for hydroxylation is 1. The lowest BCUT2D eigenvalue weighted by atomic mass is 10.1. The molecule has 134 valence electrons. The summed E-state index contributed by atoms with van der Waals surface area (Å²) in [6, 6.07) is 5.86. The number of benzene rings is 1. The predicted octanol–water partition coefficient (Wildman–Crippen LogP) is 1.96. The van der Waals surface area contributed by atoms with Gasteiger partial charge in [0, 0.05) is 38.1 Å². The van der Waals surface area contributed by atoms with Gasteiger partial charge in [0.05, 0.1) is 12.2 Å². The number of thiazole rings is 1. The standard InChI is InChI=1S/C17H22N4O3S/c1-23-8-2-9-24-14-11-12(4-6-15(22)21-17(18)19)3-5-13(14)16-20-7-10-25-16/h3,5,7,10-11H,2,4,6,8-9H2,1H3,(H4,18,19,21,22). The largest absolute Gasteiger partial charge is 0.493 e. The van der Waals surface area contributed by atoms with Crippen molar-refractivity contribution in [1.29, 1.82) is 0 Å². The van der Waals surface area contributed by atoms with Crippen molar-refractivity contribution >= 4 is 23.2 Å². The van der Waals surface area contributed by atoms with Crippen LogP contribution in [-0.4, -0.2) is 37.2 Å². The molecule has 0 spiro atoms. The van der Waals surface area contributed by atoms with E-state index in [1.54, 1.807) is 24.6 Å². The zero-order valence-electron chi connectivity index (χ0n) is 14.1. The van der Waals surface area contributed by atoms with Crippen molar-refractivity contribution in [2.45, 2.75) is 19.3 Å². The maximum Gasteiger partial charge on any atom is 0.249 e. The highest BCUT2D eigenvalue weighted by Crippen LogP contribution is 2.32. The van der Waals surface area contributed by atoms with E-state index >= 15 is 0 Å². The minimum atomic E-state index is -0.341. The van der Waals surface area contributed by atoms with E-state index in [2.05, 4.69) is 9.98 Å². The predicted molar refractivity (Wildman–Crippen MR) is 98.7 cm³/mol. The van der Waals surface area contributed by atoms with Gasteiger partial charge < -0.3 is 20.9 Å².